The number of hydrogen-bond donors (Lipinski definition) is 1. The number of likely N-dealkylation sites (tertiary alicyclic amines) is 1. The predicted molar refractivity (Wildman–Crippen MR) is 102 cm³/mol. The molecule has 27 heavy (non-hydrogen) atoms. The molecular weight excluding hydrogens is 346 g/mol. The second-order valence-electron chi connectivity index (χ2n) is 7.62. The lowest BCUT2D eigenvalue weighted by molar-refractivity contribution is -0.129. The van der Waals surface area contributed by atoms with Crippen molar-refractivity contribution in [1.82, 2.24) is 15.1 Å². The molecule has 7 heteroatoms. The number of carbonyl (C=O) groups is 2. The van der Waals surface area contributed by atoms with Crippen LogP contribution in [0.2, 0.25) is 0 Å². The van der Waals surface area contributed by atoms with E-state index in [2.05, 4.69) is 24.1 Å². The fraction of sp³-hybridized carbons (Fsp3) is 0.600. The maximum atomic E-state index is 12.7. The first-order valence-electron chi connectivity index (χ1n) is 9.52. The Bertz CT molecular complexity index is 706. The van der Waals surface area contributed by atoms with Gasteiger partial charge in [0.1, 0.15) is 17.5 Å². The van der Waals surface area contributed by atoms with Gasteiger partial charge in [-0.05, 0) is 31.2 Å². The van der Waals surface area contributed by atoms with E-state index in [0.717, 1.165) is 36.4 Å². The van der Waals surface area contributed by atoms with Crippen LogP contribution >= 0.6 is 0 Å². The smallest absolute Gasteiger partial charge is 0.325 e. The summed E-state index contributed by atoms with van der Waals surface area (Å²) in [5.74, 6) is 1.73. The molecule has 1 aromatic carbocycles. The Morgan fingerprint density at radius 2 is 2.00 bits per heavy atom. The highest BCUT2D eigenvalue weighted by Crippen LogP contribution is 2.38. The van der Waals surface area contributed by atoms with Crippen LogP contribution in [-0.2, 0) is 4.79 Å². The van der Waals surface area contributed by atoms with Gasteiger partial charge in [-0.1, -0.05) is 19.9 Å². The van der Waals surface area contributed by atoms with Crippen LogP contribution in [0.1, 0.15) is 44.7 Å². The lowest BCUT2D eigenvalue weighted by atomic mass is 10.0. The minimum absolute atomic E-state index is 0.107. The molecule has 0 saturated carbocycles. The number of ether oxygens (including phenoxy) is 2. The molecule has 2 heterocycles. The molecule has 2 atom stereocenters. The second-order valence-corrected chi connectivity index (χ2v) is 7.62. The maximum absolute atomic E-state index is 12.7. The molecule has 0 spiro atoms. The minimum atomic E-state index is -0.408. The van der Waals surface area contributed by atoms with Crippen LogP contribution in [0.5, 0.6) is 11.5 Å². The van der Waals surface area contributed by atoms with E-state index in [1.165, 1.54) is 4.90 Å². The highest BCUT2D eigenvalue weighted by Gasteiger charge is 2.40. The van der Waals surface area contributed by atoms with Crippen molar-refractivity contribution >= 4 is 11.9 Å². The Kier molecular flexibility index (Phi) is 5.89. The first kappa shape index (κ1) is 19.5. The third-order valence-electron chi connectivity index (χ3n) is 5.30. The van der Waals surface area contributed by atoms with Crippen molar-refractivity contribution in [2.75, 3.05) is 27.4 Å². The molecule has 1 N–H and O–H groups in total. The second kappa shape index (κ2) is 8.17. The number of nitrogens with one attached hydrogen (secondary N) is 1. The van der Waals surface area contributed by atoms with Crippen molar-refractivity contribution in [3.8, 4) is 11.5 Å². The number of imide groups is 1. The fourth-order valence-corrected chi connectivity index (χ4v) is 3.96. The molecule has 0 aromatic heterocycles. The molecule has 2 aliphatic heterocycles. The highest BCUT2D eigenvalue weighted by molar-refractivity contribution is 6.04. The van der Waals surface area contributed by atoms with Crippen molar-refractivity contribution in [3.63, 3.8) is 0 Å². The van der Waals surface area contributed by atoms with Crippen LogP contribution in [0.15, 0.2) is 18.2 Å². The van der Waals surface area contributed by atoms with Crippen molar-refractivity contribution in [2.45, 2.75) is 45.2 Å². The molecule has 3 rings (SSSR count). The van der Waals surface area contributed by atoms with Crippen LogP contribution in [0.3, 0.4) is 0 Å². The number of methoxy groups -OCH3 is 2. The summed E-state index contributed by atoms with van der Waals surface area (Å²) in [5.41, 5.74) is 1.06. The summed E-state index contributed by atoms with van der Waals surface area (Å²) < 4.78 is 10.8. The van der Waals surface area contributed by atoms with Crippen molar-refractivity contribution in [2.24, 2.45) is 5.92 Å². The number of amides is 3. The summed E-state index contributed by atoms with van der Waals surface area (Å²) in [6, 6.07) is 5.20. The number of urea groups is 1. The lowest BCUT2D eigenvalue weighted by Gasteiger charge is -2.29. The first-order valence-corrected chi connectivity index (χ1v) is 9.52. The van der Waals surface area contributed by atoms with Gasteiger partial charge in [-0.15, -0.1) is 0 Å². The van der Waals surface area contributed by atoms with Crippen molar-refractivity contribution < 1.29 is 19.1 Å². The normalized spacial score (nSPS) is 23.2. The molecule has 1 aromatic rings. The van der Waals surface area contributed by atoms with E-state index >= 15 is 0 Å². The quantitative estimate of drug-likeness (QED) is 0.742. The van der Waals surface area contributed by atoms with Gasteiger partial charge in [-0.2, -0.15) is 0 Å². The van der Waals surface area contributed by atoms with Gasteiger partial charge >= 0.3 is 6.03 Å². The van der Waals surface area contributed by atoms with Crippen LogP contribution in [-0.4, -0.2) is 55.2 Å². The van der Waals surface area contributed by atoms with Gasteiger partial charge in [0.2, 0.25) is 0 Å². The number of rotatable bonds is 7. The van der Waals surface area contributed by atoms with Crippen molar-refractivity contribution in [1.29, 1.82) is 0 Å². The zero-order valence-electron chi connectivity index (χ0n) is 16.5. The zero-order chi connectivity index (χ0) is 19.6. The van der Waals surface area contributed by atoms with Gasteiger partial charge in [-0.3, -0.25) is 9.69 Å². The Morgan fingerprint density at radius 1 is 1.22 bits per heavy atom. The molecule has 0 radical (unpaired) electrons. The predicted octanol–water partition coefficient (Wildman–Crippen LogP) is 2.76. The van der Waals surface area contributed by atoms with E-state index in [1.807, 2.05) is 18.2 Å². The number of nitrogens with zero attached hydrogens (tertiary/aromatic N) is 2. The van der Waals surface area contributed by atoms with E-state index in [1.54, 1.807) is 14.2 Å². The standard InChI is InChI=1S/C20H29N3O4/c1-13(2)10-16-19(24)23(20(25)21-16)12-22-9-5-6-17(22)15-8-7-14(26-3)11-18(15)27-4/h7-8,11,13,16-17H,5-6,9-10,12H2,1-4H3,(H,21,25). The summed E-state index contributed by atoms with van der Waals surface area (Å²) in [6.07, 6.45) is 2.64. The molecule has 7 nitrogen and oxygen atoms in total. The molecule has 2 unspecified atom stereocenters. The van der Waals surface area contributed by atoms with E-state index in [-0.39, 0.29) is 18.0 Å². The van der Waals surface area contributed by atoms with Gasteiger partial charge in [0.05, 0.1) is 20.9 Å². The molecule has 148 valence electrons. The van der Waals surface area contributed by atoms with Crippen LogP contribution in [0, 0.1) is 5.92 Å². The fourth-order valence-electron chi connectivity index (χ4n) is 3.96. The summed E-state index contributed by atoms with van der Waals surface area (Å²) >= 11 is 0. The van der Waals surface area contributed by atoms with Gasteiger partial charge in [-0.25, -0.2) is 9.69 Å². The topological polar surface area (TPSA) is 71.1 Å². The molecule has 3 amide bonds. The van der Waals surface area contributed by atoms with Crippen LogP contribution in [0.4, 0.5) is 4.79 Å². The third kappa shape index (κ3) is 4.03. The van der Waals surface area contributed by atoms with Crippen LogP contribution in [0.25, 0.3) is 0 Å². The molecule has 2 saturated heterocycles. The molecular formula is C20H29N3O4. The Hall–Kier alpha value is -2.28. The molecule has 2 fully saturated rings. The van der Waals surface area contributed by atoms with Gasteiger partial charge in [0.25, 0.3) is 5.91 Å². The summed E-state index contributed by atoms with van der Waals surface area (Å²) in [4.78, 5) is 28.5. The summed E-state index contributed by atoms with van der Waals surface area (Å²) in [6.45, 7) is 5.24. The van der Waals surface area contributed by atoms with E-state index in [4.69, 9.17) is 9.47 Å². The average molecular weight is 375 g/mol. The third-order valence-corrected chi connectivity index (χ3v) is 5.30. The average Bonchev–Trinajstić information content (AvgIpc) is 3.21. The monoisotopic (exact) mass is 375 g/mol. The van der Waals surface area contributed by atoms with Gasteiger partial charge < -0.3 is 14.8 Å². The largest absolute Gasteiger partial charge is 0.497 e. The van der Waals surface area contributed by atoms with E-state index in [0.29, 0.717) is 19.0 Å². The summed E-state index contributed by atoms with van der Waals surface area (Å²) in [7, 11) is 3.27. The van der Waals surface area contributed by atoms with Crippen LogP contribution < -0.4 is 14.8 Å². The zero-order valence-corrected chi connectivity index (χ0v) is 16.5. The Labute approximate surface area is 160 Å². The van der Waals surface area contributed by atoms with Gasteiger partial charge in [0, 0.05) is 24.2 Å². The van der Waals surface area contributed by atoms with E-state index < -0.39 is 6.04 Å². The summed E-state index contributed by atoms with van der Waals surface area (Å²) in [5, 5.41) is 2.82. The maximum Gasteiger partial charge on any atom is 0.325 e. The SMILES string of the molecule is COc1ccc(C2CCCN2CN2C(=O)NC(CC(C)C)C2=O)c(OC)c1. The highest BCUT2D eigenvalue weighted by atomic mass is 16.5. The minimum Gasteiger partial charge on any atom is -0.497 e. The Morgan fingerprint density at radius 3 is 2.67 bits per heavy atom. The number of carbonyl (C=O) groups excluding carboxylic acids is 2. The molecule has 0 aliphatic carbocycles. The molecule has 2 aliphatic rings. The number of benzene rings is 1. The van der Waals surface area contributed by atoms with Gasteiger partial charge in [0.15, 0.2) is 0 Å². The number of hydrogen-bond acceptors (Lipinski definition) is 5. The Balaban J connectivity index is 1.76. The molecule has 0 bridgehead atoms. The lowest BCUT2D eigenvalue weighted by Crippen LogP contribution is -2.41. The van der Waals surface area contributed by atoms with E-state index in [9.17, 15) is 9.59 Å². The first-order chi connectivity index (χ1) is 12.9. The van der Waals surface area contributed by atoms with Crippen molar-refractivity contribution in [3.05, 3.63) is 23.8 Å².